The Kier molecular flexibility index (Phi) is 5.70. The summed E-state index contributed by atoms with van der Waals surface area (Å²) in [5.41, 5.74) is 2.12. The number of Topliss-reactive ketones (excluding diaryl/α,β-unsaturated/α-hetero) is 1. The molecule has 0 unspecified atom stereocenters. The number of carbonyl (C=O) groups is 1. The van der Waals surface area contributed by atoms with Crippen LogP contribution < -0.4 is 10.1 Å². The molecule has 0 bridgehead atoms. The van der Waals surface area contributed by atoms with Gasteiger partial charge in [-0.2, -0.15) is 0 Å². The van der Waals surface area contributed by atoms with E-state index in [9.17, 15) is 4.79 Å². The van der Waals surface area contributed by atoms with Gasteiger partial charge in [-0.1, -0.05) is 24.6 Å². The van der Waals surface area contributed by atoms with Crippen molar-refractivity contribution in [2.75, 3.05) is 20.2 Å². The maximum atomic E-state index is 11.7. The number of aryl methyl sites for hydroxylation is 1. The van der Waals surface area contributed by atoms with E-state index < -0.39 is 0 Å². The number of nitrogens with one attached hydrogen (secondary N) is 1. The quantitative estimate of drug-likeness (QED) is 0.736. The van der Waals surface area contributed by atoms with Crippen LogP contribution in [0.2, 0.25) is 0 Å². The molecule has 0 spiro atoms. The Morgan fingerprint density at radius 2 is 2.18 bits per heavy atom. The normalized spacial score (nSPS) is 10.3. The van der Waals surface area contributed by atoms with Crippen molar-refractivity contribution in [1.82, 2.24) is 5.32 Å². The molecule has 1 rings (SSSR count). The Hall–Kier alpha value is -1.35. The fourth-order valence-electron chi connectivity index (χ4n) is 1.73. The van der Waals surface area contributed by atoms with E-state index in [0.717, 1.165) is 29.8 Å². The number of hydrogen-bond acceptors (Lipinski definition) is 3. The van der Waals surface area contributed by atoms with Crippen molar-refractivity contribution in [2.45, 2.75) is 26.7 Å². The maximum Gasteiger partial charge on any atom is 0.151 e. The second kappa shape index (κ2) is 7.07. The fourth-order valence-corrected chi connectivity index (χ4v) is 1.73. The van der Waals surface area contributed by atoms with Gasteiger partial charge in [0.1, 0.15) is 5.75 Å². The molecule has 1 aromatic carbocycles. The Balaban J connectivity index is 2.60. The van der Waals surface area contributed by atoms with E-state index in [1.807, 2.05) is 25.1 Å². The maximum absolute atomic E-state index is 11.7. The number of hydrogen-bond donors (Lipinski definition) is 1. The van der Waals surface area contributed by atoms with Gasteiger partial charge < -0.3 is 10.1 Å². The third-order valence-corrected chi connectivity index (χ3v) is 2.57. The van der Waals surface area contributed by atoms with Crippen LogP contribution >= 0.6 is 0 Å². The number of methoxy groups -OCH3 is 1. The first kappa shape index (κ1) is 13.7. The van der Waals surface area contributed by atoms with Crippen LogP contribution in [-0.4, -0.2) is 26.0 Å². The number of carbonyl (C=O) groups excluding carboxylic acids is 1. The standard InChI is InChI=1S/C14H21NO2/c1-4-7-15-10-13(16)9-12-8-11(2)5-6-14(12)17-3/h5-6,8,15H,4,7,9-10H2,1-3H3. The lowest BCUT2D eigenvalue weighted by atomic mass is 10.0. The highest BCUT2D eigenvalue weighted by Crippen LogP contribution is 2.20. The first-order chi connectivity index (χ1) is 8.17. The van der Waals surface area contributed by atoms with Gasteiger partial charge >= 0.3 is 0 Å². The highest BCUT2D eigenvalue weighted by Gasteiger charge is 2.08. The summed E-state index contributed by atoms with van der Waals surface area (Å²) in [4.78, 5) is 11.7. The molecule has 0 fully saturated rings. The Bertz CT molecular complexity index is 374. The predicted octanol–water partition coefficient (Wildman–Crippen LogP) is 2.11. The SMILES string of the molecule is CCCNCC(=O)Cc1cc(C)ccc1OC. The second-order valence-electron chi connectivity index (χ2n) is 4.21. The summed E-state index contributed by atoms with van der Waals surface area (Å²) in [5, 5.41) is 3.12. The molecule has 1 N–H and O–H groups in total. The van der Waals surface area contributed by atoms with Crippen LogP contribution in [0.15, 0.2) is 18.2 Å². The number of ether oxygens (including phenoxy) is 1. The van der Waals surface area contributed by atoms with Crippen molar-refractivity contribution in [3.8, 4) is 5.75 Å². The minimum Gasteiger partial charge on any atom is -0.496 e. The summed E-state index contributed by atoms with van der Waals surface area (Å²) < 4.78 is 5.25. The summed E-state index contributed by atoms with van der Waals surface area (Å²) >= 11 is 0. The van der Waals surface area contributed by atoms with Crippen molar-refractivity contribution in [3.05, 3.63) is 29.3 Å². The third kappa shape index (κ3) is 4.57. The molecule has 17 heavy (non-hydrogen) atoms. The minimum atomic E-state index is 0.197. The zero-order valence-corrected chi connectivity index (χ0v) is 10.9. The number of rotatable bonds is 7. The third-order valence-electron chi connectivity index (χ3n) is 2.57. The zero-order chi connectivity index (χ0) is 12.7. The molecule has 1 aromatic rings. The van der Waals surface area contributed by atoms with E-state index in [4.69, 9.17) is 4.74 Å². The second-order valence-corrected chi connectivity index (χ2v) is 4.21. The van der Waals surface area contributed by atoms with Crippen LogP contribution in [0.4, 0.5) is 0 Å². The summed E-state index contributed by atoms with van der Waals surface area (Å²) in [7, 11) is 1.63. The average Bonchev–Trinajstić information content (AvgIpc) is 2.29. The molecule has 0 saturated heterocycles. The van der Waals surface area contributed by atoms with E-state index in [2.05, 4.69) is 12.2 Å². The monoisotopic (exact) mass is 235 g/mol. The molecular formula is C14H21NO2. The van der Waals surface area contributed by atoms with Gasteiger partial charge in [-0.15, -0.1) is 0 Å². The van der Waals surface area contributed by atoms with Crippen LogP contribution in [0.25, 0.3) is 0 Å². The lowest BCUT2D eigenvalue weighted by Crippen LogP contribution is -2.24. The summed E-state index contributed by atoms with van der Waals surface area (Å²) in [5.74, 6) is 0.988. The molecule has 3 heteroatoms. The van der Waals surface area contributed by atoms with Crippen LogP contribution in [0.5, 0.6) is 5.75 Å². The molecule has 0 radical (unpaired) electrons. The van der Waals surface area contributed by atoms with Gasteiger partial charge in [-0.05, 0) is 26.0 Å². The summed E-state index contributed by atoms with van der Waals surface area (Å²) in [6.07, 6.45) is 1.47. The molecule has 0 aromatic heterocycles. The molecule has 94 valence electrons. The zero-order valence-electron chi connectivity index (χ0n) is 10.9. The van der Waals surface area contributed by atoms with Gasteiger partial charge in [-0.25, -0.2) is 0 Å². The van der Waals surface area contributed by atoms with Gasteiger partial charge in [0.05, 0.1) is 13.7 Å². The molecular weight excluding hydrogens is 214 g/mol. The van der Waals surface area contributed by atoms with Gasteiger partial charge in [0, 0.05) is 12.0 Å². The number of ketones is 1. The van der Waals surface area contributed by atoms with E-state index in [0.29, 0.717) is 13.0 Å². The predicted molar refractivity (Wildman–Crippen MR) is 69.6 cm³/mol. The van der Waals surface area contributed by atoms with Crippen LogP contribution in [0.1, 0.15) is 24.5 Å². The van der Waals surface area contributed by atoms with E-state index >= 15 is 0 Å². The van der Waals surface area contributed by atoms with Crippen molar-refractivity contribution in [3.63, 3.8) is 0 Å². The highest BCUT2D eigenvalue weighted by molar-refractivity contribution is 5.83. The highest BCUT2D eigenvalue weighted by atomic mass is 16.5. The molecule has 0 saturated carbocycles. The van der Waals surface area contributed by atoms with E-state index in [1.165, 1.54) is 0 Å². The van der Waals surface area contributed by atoms with Crippen molar-refractivity contribution >= 4 is 5.78 Å². The Morgan fingerprint density at radius 1 is 1.41 bits per heavy atom. The topological polar surface area (TPSA) is 38.3 Å². The lowest BCUT2D eigenvalue weighted by molar-refractivity contribution is -0.117. The molecule has 0 aliphatic carbocycles. The van der Waals surface area contributed by atoms with E-state index in [-0.39, 0.29) is 5.78 Å². The first-order valence-corrected chi connectivity index (χ1v) is 6.03. The molecule has 0 amide bonds. The van der Waals surface area contributed by atoms with Crippen molar-refractivity contribution in [2.24, 2.45) is 0 Å². The Morgan fingerprint density at radius 3 is 2.82 bits per heavy atom. The first-order valence-electron chi connectivity index (χ1n) is 6.03. The summed E-state index contributed by atoms with van der Waals surface area (Å²) in [6, 6.07) is 5.91. The molecule has 0 aliphatic heterocycles. The minimum absolute atomic E-state index is 0.197. The Labute approximate surface area is 103 Å². The summed E-state index contributed by atoms with van der Waals surface area (Å²) in [6.45, 7) is 5.42. The smallest absolute Gasteiger partial charge is 0.151 e. The van der Waals surface area contributed by atoms with Gasteiger partial charge in [0.2, 0.25) is 0 Å². The number of benzene rings is 1. The largest absolute Gasteiger partial charge is 0.496 e. The van der Waals surface area contributed by atoms with Gasteiger partial charge in [0.15, 0.2) is 5.78 Å². The fraction of sp³-hybridized carbons (Fsp3) is 0.500. The molecule has 0 atom stereocenters. The molecule has 0 aliphatic rings. The van der Waals surface area contributed by atoms with Gasteiger partial charge in [-0.3, -0.25) is 4.79 Å². The molecule has 0 heterocycles. The lowest BCUT2D eigenvalue weighted by Gasteiger charge is -2.09. The van der Waals surface area contributed by atoms with Crippen molar-refractivity contribution < 1.29 is 9.53 Å². The average molecular weight is 235 g/mol. The molecule has 3 nitrogen and oxygen atoms in total. The van der Waals surface area contributed by atoms with Gasteiger partial charge in [0.25, 0.3) is 0 Å². The van der Waals surface area contributed by atoms with Crippen LogP contribution in [0, 0.1) is 6.92 Å². The van der Waals surface area contributed by atoms with E-state index in [1.54, 1.807) is 7.11 Å². The van der Waals surface area contributed by atoms with Crippen LogP contribution in [-0.2, 0) is 11.2 Å². The van der Waals surface area contributed by atoms with Crippen LogP contribution in [0.3, 0.4) is 0 Å². The van der Waals surface area contributed by atoms with Crippen molar-refractivity contribution in [1.29, 1.82) is 0 Å².